The Morgan fingerprint density at radius 2 is 2.07 bits per heavy atom. The molecular weight excluding hydrogens is 198 g/mol. The first-order chi connectivity index (χ1) is 6.70. The zero-order valence-corrected chi connectivity index (χ0v) is 9.18. The lowest BCUT2D eigenvalue weighted by Crippen LogP contribution is -1.84. The molecule has 14 heavy (non-hydrogen) atoms. The van der Waals surface area contributed by atoms with Crippen LogP contribution in [0.1, 0.15) is 23.5 Å². The minimum Gasteiger partial charge on any atom is -0.420 e. The SMILES string of the molecule is CCc1nc(C)sc1-c1nnc(C)o1. The van der Waals surface area contributed by atoms with E-state index in [-0.39, 0.29) is 0 Å². The Morgan fingerprint density at radius 1 is 1.29 bits per heavy atom. The maximum Gasteiger partial charge on any atom is 0.259 e. The van der Waals surface area contributed by atoms with E-state index in [0.717, 1.165) is 22.0 Å². The summed E-state index contributed by atoms with van der Waals surface area (Å²) in [5.74, 6) is 1.18. The summed E-state index contributed by atoms with van der Waals surface area (Å²) in [5, 5.41) is 8.84. The second-order valence-electron chi connectivity index (χ2n) is 2.99. The third kappa shape index (κ3) is 1.55. The van der Waals surface area contributed by atoms with Crippen LogP contribution in [0.5, 0.6) is 0 Å². The van der Waals surface area contributed by atoms with Crippen LogP contribution in [0, 0.1) is 13.8 Å². The van der Waals surface area contributed by atoms with Gasteiger partial charge in [0.25, 0.3) is 5.89 Å². The molecule has 0 aliphatic carbocycles. The molecule has 4 nitrogen and oxygen atoms in total. The van der Waals surface area contributed by atoms with Crippen molar-refractivity contribution in [2.24, 2.45) is 0 Å². The minimum absolute atomic E-state index is 0.588. The van der Waals surface area contributed by atoms with Gasteiger partial charge in [0.05, 0.1) is 10.7 Å². The van der Waals surface area contributed by atoms with Gasteiger partial charge < -0.3 is 4.42 Å². The molecule has 0 saturated heterocycles. The summed E-state index contributed by atoms with van der Waals surface area (Å²) in [5.41, 5.74) is 1.04. The van der Waals surface area contributed by atoms with Crippen molar-refractivity contribution in [1.29, 1.82) is 0 Å². The molecular formula is C9H11N3OS. The number of thiazole rings is 1. The van der Waals surface area contributed by atoms with Gasteiger partial charge in [-0.2, -0.15) is 0 Å². The zero-order valence-electron chi connectivity index (χ0n) is 8.37. The van der Waals surface area contributed by atoms with Crippen molar-refractivity contribution < 1.29 is 4.42 Å². The second kappa shape index (κ2) is 3.49. The average Bonchev–Trinajstić information content (AvgIpc) is 2.71. The van der Waals surface area contributed by atoms with Gasteiger partial charge in [0.15, 0.2) is 0 Å². The van der Waals surface area contributed by atoms with E-state index < -0.39 is 0 Å². The zero-order chi connectivity index (χ0) is 10.1. The number of nitrogens with zero attached hydrogens (tertiary/aromatic N) is 3. The fraction of sp³-hybridized carbons (Fsp3) is 0.444. The van der Waals surface area contributed by atoms with Gasteiger partial charge in [0.2, 0.25) is 5.89 Å². The van der Waals surface area contributed by atoms with Crippen molar-refractivity contribution >= 4 is 11.3 Å². The lowest BCUT2D eigenvalue weighted by molar-refractivity contribution is 0.533. The summed E-state index contributed by atoms with van der Waals surface area (Å²) in [4.78, 5) is 5.41. The number of rotatable bonds is 2. The predicted octanol–water partition coefficient (Wildman–Crippen LogP) is 2.37. The van der Waals surface area contributed by atoms with Crippen LogP contribution in [0.25, 0.3) is 10.8 Å². The van der Waals surface area contributed by atoms with Crippen molar-refractivity contribution in [2.45, 2.75) is 27.2 Å². The Bertz CT molecular complexity index is 447. The molecule has 2 aromatic heterocycles. The highest BCUT2D eigenvalue weighted by Crippen LogP contribution is 2.29. The van der Waals surface area contributed by atoms with Crippen molar-refractivity contribution in [3.63, 3.8) is 0 Å². The molecule has 0 bridgehead atoms. The van der Waals surface area contributed by atoms with Gasteiger partial charge in [0, 0.05) is 6.92 Å². The molecule has 74 valence electrons. The van der Waals surface area contributed by atoms with Crippen LogP contribution in [0.4, 0.5) is 0 Å². The number of aromatic nitrogens is 3. The van der Waals surface area contributed by atoms with Crippen LogP contribution in [0.3, 0.4) is 0 Å². The Morgan fingerprint density at radius 3 is 2.64 bits per heavy atom. The van der Waals surface area contributed by atoms with E-state index in [2.05, 4.69) is 22.1 Å². The van der Waals surface area contributed by atoms with Gasteiger partial charge in [-0.25, -0.2) is 4.98 Å². The largest absolute Gasteiger partial charge is 0.420 e. The second-order valence-corrected chi connectivity index (χ2v) is 4.19. The molecule has 0 aromatic carbocycles. The Labute approximate surface area is 86.0 Å². The maximum atomic E-state index is 5.37. The molecule has 0 aliphatic heterocycles. The normalized spacial score (nSPS) is 10.8. The fourth-order valence-corrected chi connectivity index (χ4v) is 2.19. The molecule has 0 radical (unpaired) electrons. The lowest BCUT2D eigenvalue weighted by Gasteiger charge is -1.91. The molecule has 2 heterocycles. The van der Waals surface area contributed by atoms with Crippen LogP contribution in [0.15, 0.2) is 4.42 Å². The molecule has 2 aromatic rings. The highest BCUT2D eigenvalue weighted by molar-refractivity contribution is 7.15. The monoisotopic (exact) mass is 209 g/mol. The van der Waals surface area contributed by atoms with Crippen molar-refractivity contribution in [2.75, 3.05) is 0 Å². The molecule has 0 unspecified atom stereocenters. The van der Waals surface area contributed by atoms with Gasteiger partial charge in [-0.1, -0.05) is 6.92 Å². The summed E-state index contributed by atoms with van der Waals surface area (Å²) in [6.07, 6.45) is 0.890. The van der Waals surface area contributed by atoms with Gasteiger partial charge in [-0.05, 0) is 13.3 Å². The molecule has 5 heteroatoms. The first-order valence-corrected chi connectivity index (χ1v) is 5.29. The highest BCUT2D eigenvalue weighted by Gasteiger charge is 2.14. The van der Waals surface area contributed by atoms with E-state index in [0.29, 0.717) is 11.8 Å². The van der Waals surface area contributed by atoms with Crippen LogP contribution >= 0.6 is 11.3 Å². The topological polar surface area (TPSA) is 51.8 Å². The van der Waals surface area contributed by atoms with Crippen molar-refractivity contribution in [3.05, 3.63) is 16.6 Å². The smallest absolute Gasteiger partial charge is 0.259 e. The van der Waals surface area contributed by atoms with Gasteiger partial charge in [-0.3, -0.25) is 0 Å². The van der Waals surface area contributed by atoms with Crippen LogP contribution in [0.2, 0.25) is 0 Å². The Kier molecular flexibility index (Phi) is 2.33. The maximum absolute atomic E-state index is 5.37. The van der Waals surface area contributed by atoms with E-state index in [1.165, 1.54) is 0 Å². The van der Waals surface area contributed by atoms with Gasteiger partial charge in [-0.15, -0.1) is 21.5 Å². The quantitative estimate of drug-likeness (QED) is 0.762. The van der Waals surface area contributed by atoms with Crippen LogP contribution < -0.4 is 0 Å². The summed E-state index contributed by atoms with van der Waals surface area (Å²) in [6, 6.07) is 0. The third-order valence-electron chi connectivity index (χ3n) is 1.86. The summed E-state index contributed by atoms with van der Waals surface area (Å²) in [6.45, 7) is 5.84. The van der Waals surface area contributed by atoms with Gasteiger partial charge >= 0.3 is 0 Å². The van der Waals surface area contributed by atoms with Crippen molar-refractivity contribution in [1.82, 2.24) is 15.2 Å². The molecule has 0 saturated carbocycles. The lowest BCUT2D eigenvalue weighted by atomic mass is 10.3. The Hall–Kier alpha value is -1.23. The Balaban J connectivity index is 2.49. The summed E-state index contributed by atoms with van der Waals surface area (Å²) in [7, 11) is 0. The first kappa shape index (κ1) is 9.33. The molecule has 0 amide bonds. The van der Waals surface area contributed by atoms with Gasteiger partial charge in [0.1, 0.15) is 4.88 Å². The summed E-state index contributed by atoms with van der Waals surface area (Å²) >= 11 is 1.60. The fourth-order valence-electron chi connectivity index (χ4n) is 1.27. The van der Waals surface area contributed by atoms with E-state index in [1.54, 1.807) is 18.3 Å². The standard InChI is InChI=1S/C9H11N3OS/c1-4-7-8(14-6(3)10-7)9-12-11-5(2)13-9/h4H2,1-3H3. The molecule has 0 N–H and O–H groups in total. The molecule has 0 spiro atoms. The average molecular weight is 209 g/mol. The van der Waals surface area contributed by atoms with Crippen molar-refractivity contribution in [3.8, 4) is 10.8 Å². The molecule has 2 rings (SSSR count). The van der Waals surface area contributed by atoms with Crippen LogP contribution in [-0.4, -0.2) is 15.2 Å². The highest BCUT2D eigenvalue weighted by atomic mass is 32.1. The van der Waals surface area contributed by atoms with E-state index in [1.807, 2.05) is 6.92 Å². The number of hydrogen-bond acceptors (Lipinski definition) is 5. The predicted molar refractivity (Wildman–Crippen MR) is 54.3 cm³/mol. The summed E-state index contributed by atoms with van der Waals surface area (Å²) < 4.78 is 5.37. The van der Waals surface area contributed by atoms with Crippen LogP contribution in [-0.2, 0) is 6.42 Å². The molecule has 0 aliphatic rings. The number of hydrogen-bond donors (Lipinski definition) is 0. The van der Waals surface area contributed by atoms with E-state index in [4.69, 9.17) is 4.42 Å². The number of aryl methyl sites for hydroxylation is 3. The van der Waals surface area contributed by atoms with E-state index in [9.17, 15) is 0 Å². The molecule has 0 fully saturated rings. The van der Waals surface area contributed by atoms with E-state index >= 15 is 0 Å². The third-order valence-corrected chi connectivity index (χ3v) is 2.86. The first-order valence-electron chi connectivity index (χ1n) is 4.47. The molecule has 0 atom stereocenters. The minimum atomic E-state index is 0.588.